The molecule has 2 N–H and O–H groups in total. The Balaban J connectivity index is 2.34. The number of rotatable bonds is 3. The lowest BCUT2D eigenvalue weighted by atomic mass is 10.1. The summed E-state index contributed by atoms with van der Waals surface area (Å²) in [7, 11) is 5.14. The number of carbonyl (C=O) groups is 1. The fourth-order valence-electron chi connectivity index (χ4n) is 2.66. The maximum Gasteiger partial charge on any atom is 0.256 e. The molecule has 1 saturated heterocycles. The summed E-state index contributed by atoms with van der Waals surface area (Å²) in [6.07, 6.45) is 0. The Morgan fingerprint density at radius 3 is 2.57 bits per heavy atom. The summed E-state index contributed by atoms with van der Waals surface area (Å²) in [6, 6.07) is 3.50. The molecule has 1 fully saturated rings. The number of methoxy groups -OCH3 is 2. The monoisotopic (exact) mass is 293 g/mol. The number of hydrogen-bond donors (Lipinski definition) is 1. The van der Waals surface area contributed by atoms with Crippen molar-refractivity contribution in [2.75, 3.05) is 46.6 Å². The molecule has 21 heavy (non-hydrogen) atoms. The van der Waals surface area contributed by atoms with Crippen LogP contribution < -0.4 is 15.2 Å². The Morgan fingerprint density at radius 1 is 1.29 bits per heavy atom. The van der Waals surface area contributed by atoms with E-state index in [1.165, 1.54) is 7.11 Å². The maximum absolute atomic E-state index is 12.8. The number of amides is 1. The molecule has 2 rings (SSSR count). The third-order valence-corrected chi connectivity index (χ3v) is 3.89. The molecule has 0 saturated carbocycles. The average molecular weight is 293 g/mol. The van der Waals surface area contributed by atoms with E-state index in [1.807, 2.05) is 11.8 Å². The van der Waals surface area contributed by atoms with Crippen LogP contribution in [0.5, 0.6) is 11.5 Å². The van der Waals surface area contributed by atoms with Crippen LogP contribution in [0.1, 0.15) is 17.3 Å². The summed E-state index contributed by atoms with van der Waals surface area (Å²) < 4.78 is 10.4. The normalized spacial score (nSPS) is 19.4. The van der Waals surface area contributed by atoms with E-state index < -0.39 is 0 Å². The highest BCUT2D eigenvalue weighted by atomic mass is 16.5. The molecule has 0 aromatic heterocycles. The minimum Gasteiger partial charge on any atom is -0.497 e. The van der Waals surface area contributed by atoms with E-state index >= 15 is 0 Å². The highest BCUT2D eigenvalue weighted by Crippen LogP contribution is 2.32. The number of benzene rings is 1. The number of likely N-dealkylation sites (N-methyl/N-ethyl adjacent to an activating group) is 1. The summed E-state index contributed by atoms with van der Waals surface area (Å²) in [5.41, 5.74) is 6.85. The van der Waals surface area contributed by atoms with E-state index in [4.69, 9.17) is 15.2 Å². The number of anilines is 1. The standard InChI is InChI=1S/C15H23N3O3/c1-10-9-17(2)5-6-18(10)15(19)12-7-11(20-3)8-13(21-4)14(12)16/h7-8,10H,5-6,9,16H2,1-4H3. The average Bonchev–Trinajstić information content (AvgIpc) is 2.47. The second-order valence-electron chi connectivity index (χ2n) is 5.40. The predicted molar refractivity (Wildman–Crippen MR) is 82.0 cm³/mol. The molecule has 1 amide bonds. The van der Waals surface area contributed by atoms with Gasteiger partial charge in [0.05, 0.1) is 25.5 Å². The smallest absolute Gasteiger partial charge is 0.256 e. The van der Waals surface area contributed by atoms with Crippen LogP contribution in [0.3, 0.4) is 0 Å². The Hall–Kier alpha value is -1.95. The van der Waals surface area contributed by atoms with Gasteiger partial charge in [0.25, 0.3) is 5.91 Å². The zero-order valence-corrected chi connectivity index (χ0v) is 13.0. The Labute approximate surface area is 125 Å². The molecule has 1 aliphatic heterocycles. The van der Waals surface area contributed by atoms with Gasteiger partial charge in [0.15, 0.2) is 0 Å². The molecule has 1 aromatic rings. The first kappa shape index (κ1) is 15.4. The molecule has 116 valence electrons. The molecule has 1 heterocycles. The van der Waals surface area contributed by atoms with Crippen LogP contribution in [0.4, 0.5) is 5.69 Å². The van der Waals surface area contributed by atoms with Crippen LogP contribution in [0.25, 0.3) is 0 Å². The van der Waals surface area contributed by atoms with Gasteiger partial charge >= 0.3 is 0 Å². The van der Waals surface area contributed by atoms with Crippen molar-refractivity contribution in [3.05, 3.63) is 17.7 Å². The van der Waals surface area contributed by atoms with E-state index in [2.05, 4.69) is 11.9 Å². The third-order valence-electron chi connectivity index (χ3n) is 3.89. The minimum absolute atomic E-state index is 0.0784. The van der Waals surface area contributed by atoms with Crippen LogP contribution >= 0.6 is 0 Å². The fourth-order valence-corrected chi connectivity index (χ4v) is 2.66. The minimum atomic E-state index is -0.0784. The number of ether oxygens (including phenoxy) is 2. The van der Waals surface area contributed by atoms with Gasteiger partial charge in [0.2, 0.25) is 0 Å². The van der Waals surface area contributed by atoms with Crippen molar-refractivity contribution in [2.45, 2.75) is 13.0 Å². The number of nitrogens with two attached hydrogens (primary N) is 1. The molecule has 0 bridgehead atoms. The summed E-state index contributed by atoms with van der Waals surface area (Å²) in [6.45, 7) is 4.44. The van der Waals surface area contributed by atoms with Gasteiger partial charge in [-0.3, -0.25) is 4.79 Å². The summed E-state index contributed by atoms with van der Waals surface area (Å²) in [4.78, 5) is 16.9. The molecule has 1 aliphatic rings. The number of carbonyl (C=O) groups excluding carboxylic acids is 1. The molecule has 1 atom stereocenters. The molecule has 6 heteroatoms. The van der Waals surface area contributed by atoms with Crippen molar-refractivity contribution >= 4 is 11.6 Å². The topological polar surface area (TPSA) is 68.0 Å². The number of piperazine rings is 1. The second-order valence-corrected chi connectivity index (χ2v) is 5.40. The van der Waals surface area contributed by atoms with E-state index in [-0.39, 0.29) is 11.9 Å². The van der Waals surface area contributed by atoms with Crippen LogP contribution in [0.2, 0.25) is 0 Å². The lowest BCUT2D eigenvalue weighted by Gasteiger charge is -2.38. The zero-order valence-electron chi connectivity index (χ0n) is 13.0. The molecule has 6 nitrogen and oxygen atoms in total. The van der Waals surface area contributed by atoms with Gasteiger partial charge in [-0.05, 0) is 20.0 Å². The fraction of sp³-hybridized carbons (Fsp3) is 0.533. The Bertz CT molecular complexity index is 533. The Kier molecular flexibility index (Phi) is 4.57. The number of nitrogens with zero attached hydrogens (tertiary/aromatic N) is 2. The van der Waals surface area contributed by atoms with Crippen molar-refractivity contribution in [3.8, 4) is 11.5 Å². The molecule has 0 spiro atoms. The lowest BCUT2D eigenvalue weighted by Crippen LogP contribution is -2.52. The van der Waals surface area contributed by atoms with Crippen molar-refractivity contribution in [3.63, 3.8) is 0 Å². The number of nitrogen functional groups attached to an aromatic ring is 1. The first-order valence-corrected chi connectivity index (χ1v) is 6.99. The number of hydrogen-bond acceptors (Lipinski definition) is 5. The molecule has 1 unspecified atom stereocenters. The van der Waals surface area contributed by atoms with Crippen LogP contribution in [-0.4, -0.2) is 62.7 Å². The second kappa shape index (κ2) is 6.22. The van der Waals surface area contributed by atoms with E-state index in [1.54, 1.807) is 19.2 Å². The molecular weight excluding hydrogens is 270 g/mol. The van der Waals surface area contributed by atoms with Gasteiger partial charge in [-0.1, -0.05) is 0 Å². The van der Waals surface area contributed by atoms with Crippen molar-refractivity contribution in [2.24, 2.45) is 0 Å². The van der Waals surface area contributed by atoms with Gasteiger partial charge in [-0.15, -0.1) is 0 Å². The van der Waals surface area contributed by atoms with Crippen molar-refractivity contribution in [1.82, 2.24) is 9.80 Å². The molecule has 1 aromatic carbocycles. The quantitative estimate of drug-likeness (QED) is 0.844. The molecule has 0 aliphatic carbocycles. The zero-order chi connectivity index (χ0) is 15.6. The maximum atomic E-state index is 12.8. The van der Waals surface area contributed by atoms with E-state index in [0.717, 1.165) is 13.1 Å². The van der Waals surface area contributed by atoms with Gasteiger partial charge in [0, 0.05) is 31.7 Å². The van der Waals surface area contributed by atoms with Gasteiger partial charge in [0.1, 0.15) is 11.5 Å². The first-order chi connectivity index (χ1) is 9.97. The highest BCUT2D eigenvalue weighted by Gasteiger charge is 2.28. The van der Waals surface area contributed by atoms with Crippen LogP contribution in [0, 0.1) is 0 Å². The molecule has 0 radical (unpaired) electrons. The van der Waals surface area contributed by atoms with E-state index in [0.29, 0.717) is 29.3 Å². The van der Waals surface area contributed by atoms with Crippen molar-refractivity contribution in [1.29, 1.82) is 0 Å². The van der Waals surface area contributed by atoms with Crippen LogP contribution in [0.15, 0.2) is 12.1 Å². The van der Waals surface area contributed by atoms with Crippen molar-refractivity contribution < 1.29 is 14.3 Å². The van der Waals surface area contributed by atoms with Gasteiger partial charge < -0.3 is 25.0 Å². The van der Waals surface area contributed by atoms with Gasteiger partial charge in [-0.25, -0.2) is 0 Å². The predicted octanol–water partition coefficient (Wildman–Crippen LogP) is 1.06. The Morgan fingerprint density at radius 2 is 2.00 bits per heavy atom. The highest BCUT2D eigenvalue weighted by molar-refractivity contribution is 6.01. The SMILES string of the molecule is COc1cc(OC)c(N)c(C(=O)N2CCN(C)CC2C)c1. The third kappa shape index (κ3) is 3.05. The van der Waals surface area contributed by atoms with E-state index in [9.17, 15) is 4.79 Å². The van der Waals surface area contributed by atoms with Crippen LogP contribution in [-0.2, 0) is 0 Å². The first-order valence-electron chi connectivity index (χ1n) is 6.99. The largest absolute Gasteiger partial charge is 0.497 e. The summed E-state index contributed by atoms with van der Waals surface area (Å²) >= 11 is 0. The van der Waals surface area contributed by atoms with Gasteiger partial charge in [-0.2, -0.15) is 0 Å². The summed E-state index contributed by atoms with van der Waals surface area (Å²) in [5, 5.41) is 0. The lowest BCUT2D eigenvalue weighted by molar-refractivity contribution is 0.0534. The molecular formula is C15H23N3O3. The summed E-state index contributed by atoms with van der Waals surface area (Å²) in [5.74, 6) is 0.941.